The summed E-state index contributed by atoms with van der Waals surface area (Å²) < 4.78 is 30.4. The summed E-state index contributed by atoms with van der Waals surface area (Å²) in [6, 6.07) is 28.6. The van der Waals surface area contributed by atoms with Crippen molar-refractivity contribution in [2.45, 2.75) is 75.7 Å². The minimum absolute atomic E-state index is 0.185. The fourth-order valence-electron chi connectivity index (χ4n) is 8.14. The Morgan fingerprint density at radius 3 is 1.54 bits per heavy atom. The second kappa shape index (κ2) is 16.1. The molecule has 0 atom stereocenters. The van der Waals surface area contributed by atoms with Crippen LogP contribution < -0.4 is 25.7 Å². The number of para-hydroxylation sites is 2. The molecule has 0 saturated heterocycles. The Balaban J connectivity index is 0.000000148. The van der Waals surface area contributed by atoms with Crippen molar-refractivity contribution in [2.24, 2.45) is 11.5 Å². The first kappa shape index (κ1) is 37.0. The van der Waals surface area contributed by atoms with Gasteiger partial charge < -0.3 is 34.5 Å². The standard InChI is InChI=1S/C24H24N2O3.C23H21ClN2O2/c1-27-23-12-18(28-17-8-6-16(25)7-9-17)11-19-20(23)13-26-14-21(19)24-10-15-4-2-3-5-22(15)29-24;24-21-11-17(27-16-7-5-15(25)6-8-16)10-18-19(21)12-26-13-20(18)23-9-14-3-1-2-4-22(14)28-23/h2-5,10-14,16-17H,6-9,25H2,1H3;1-4,9-13,15-16H,5-8,25H2. The van der Waals surface area contributed by atoms with Crippen molar-refractivity contribution in [3.8, 4) is 39.9 Å². The number of furan rings is 2. The molecule has 4 heterocycles. The molecule has 57 heavy (non-hydrogen) atoms. The number of hydrogen-bond acceptors (Lipinski definition) is 9. The summed E-state index contributed by atoms with van der Waals surface area (Å²) in [6.07, 6.45) is 15.6. The van der Waals surface area contributed by atoms with Crippen molar-refractivity contribution in [3.05, 3.63) is 115 Å². The van der Waals surface area contributed by atoms with Gasteiger partial charge in [-0.25, -0.2) is 0 Å². The fourth-order valence-corrected chi connectivity index (χ4v) is 8.40. The topological polar surface area (TPSA) is 132 Å². The molecule has 10 heteroatoms. The van der Waals surface area contributed by atoms with Crippen LogP contribution in [-0.2, 0) is 0 Å². The van der Waals surface area contributed by atoms with Crippen molar-refractivity contribution in [3.63, 3.8) is 0 Å². The van der Waals surface area contributed by atoms with Crippen LogP contribution in [0.25, 0.3) is 66.1 Å². The highest BCUT2D eigenvalue weighted by Crippen LogP contribution is 2.40. The third-order valence-corrected chi connectivity index (χ3v) is 11.6. The Kier molecular flexibility index (Phi) is 10.4. The van der Waals surface area contributed by atoms with Gasteiger partial charge in [-0.2, -0.15) is 0 Å². The van der Waals surface area contributed by atoms with E-state index in [0.717, 1.165) is 135 Å². The van der Waals surface area contributed by atoms with E-state index in [1.54, 1.807) is 13.3 Å². The maximum atomic E-state index is 6.57. The molecule has 2 fully saturated rings. The van der Waals surface area contributed by atoms with Crippen LogP contribution >= 0.6 is 11.6 Å². The summed E-state index contributed by atoms with van der Waals surface area (Å²) in [6.45, 7) is 0. The maximum absolute atomic E-state index is 6.57. The number of benzene rings is 4. The number of nitrogens with two attached hydrogens (primary N) is 2. The summed E-state index contributed by atoms with van der Waals surface area (Å²) in [5.74, 6) is 3.89. The van der Waals surface area contributed by atoms with Crippen LogP contribution in [0, 0.1) is 0 Å². The molecule has 8 aromatic rings. The van der Waals surface area contributed by atoms with E-state index in [4.69, 9.17) is 46.1 Å². The van der Waals surface area contributed by atoms with Crippen LogP contribution in [0.2, 0.25) is 5.02 Å². The summed E-state index contributed by atoms with van der Waals surface area (Å²) in [7, 11) is 1.67. The van der Waals surface area contributed by atoms with Crippen LogP contribution in [0.4, 0.5) is 0 Å². The average molecular weight is 781 g/mol. The second-order valence-corrected chi connectivity index (χ2v) is 15.6. The molecule has 4 N–H and O–H groups in total. The molecule has 0 amide bonds. The molecule has 290 valence electrons. The molecule has 0 spiro atoms. The molecule has 0 unspecified atom stereocenters. The third-order valence-electron chi connectivity index (χ3n) is 11.3. The van der Waals surface area contributed by atoms with Crippen LogP contribution in [-0.4, -0.2) is 41.4 Å². The van der Waals surface area contributed by atoms with Gasteiger partial charge in [0.2, 0.25) is 0 Å². The van der Waals surface area contributed by atoms with E-state index in [9.17, 15) is 0 Å². The van der Waals surface area contributed by atoms with Gasteiger partial charge in [-0.3, -0.25) is 9.97 Å². The summed E-state index contributed by atoms with van der Waals surface area (Å²) in [5.41, 5.74) is 15.6. The number of aromatic nitrogens is 2. The number of rotatable bonds is 7. The van der Waals surface area contributed by atoms with Gasteiger partial charge >= 0.3 is 0 Å². The van der Waals surface area contributed by atoms with Crippen molar-refractivity contribution in [2.75, 3.05) is 7.11 Å². The van der Waals surface area contributed by atoms with Crippen LogP contribution in [0.5, 0.6) is 17.2 Å². The van der Waals surface area contributed by atoms with Gasteiger partial charge in [0, 0.05) is 86.4 Å². The fraction of sp³-hybridized carbons (Fsp3) is 0.277. The van der Waals surface area contributed by atoms with Crippen molar-refractivity contribution in [1.29, 1.82) is 0 Å². The van der Waals surface area contributed by atoms with Gasteiger partial charge in [0.25, 0.3) is 0 Å². The molecule has 2 saturated carbocycles. The Bertz CT molecular complexity index is 2610. The molecule has 0 radical (unpaired) electrons. The highest BCUT2D eigenvalue weighted by molar-refractivity contribution is 6.36. The Labute approximate surface area is 335 Å². The summed E-state index contributed by atoms with van der Waals surface area (Å²) >= 11 is 6.57. The van der Waals surface area contributed by atoms with Crippen LogP contribution in [0.3, 0.4) is 0 Å². The maximum Gasteiger partial charge on any atom is 0.137 e. The van der Waals surface area contributed by atoms with E-state index in [1.165, 1.54) is 0 Å². The zero-order chi connectivity index (χ0) is 38.9. The smallest absolute Gasteiger partial charge is 0.137 e. The molecule has 9 nitrogen and oxygen atoms in total. The third kappa shape index (κ3) is 7.88. The van der Waals surface area contributed by atoms with Gasteiger partial charge in [-0.15, -0.1) is 0 Å². The number of methoxy groups -OCH3 is 1. The first-order valence-electron chi connectivity index (χ1n) is 19.7. The number of pyridine rings is 2. The first-order chi connectivity index (χ1) is 27.9. The normalized spacial score (nSPS) is 19.7. The predicted octanol–water partition coefficient (Wildman–Crippen LogP) is 11.3. The number of hydrogen-bond donors (Lipinski definition) is 2. The van der Waals surface area contributed by atoms with E-state index in [1.807, 2.05) is 97.5 Å². The van der Waals surface area contributed by atoms with Crippen molar-refractivity contribution in [1.82, 2.24) is 9.97 Å². The SMILES string of the molecule is COc1cc(OC2CCC(N)CC2)cc2c(-c3cc4ccccc4o3)cncc12.NC1CCC(Oc2cc(Cl)c3cncc(-c4cc5ccccc5o4)c3c2)CC1. The second-order valence-electron chi connectivity index (χ2n) is 15.2. The lowest BCUT2D eigenvalue weighted by Crippen LogP contribution is -2.31. The minimum atomic E-state index is 0.185. The van der Waals surface area contributed by atoms with E-state index < -0.39 is 0 Å². The van der Waals surface area contributed by atoms with Crippen molar-refractivity contribution >= 4 is 55.1 Å². The van der Waals surface area contributed by atoms with E-state index in [2.05, 4.69) is 16.0 Å². The Morgan fingerprint density at radius 2 is 1.04 bits per heavy atom. The lowest BCUT2D eigenvalue weighted by Gasteiger charge is -2.27. The lowest BCUT2D eigenvalue weighted by atomic mass is 9.93. The molecule has 4 aromatic carbocycles. The first-order valence-corrected chi connectivity index (χ1v) is 20.1. The highest BCUT2D eigenvalue weighted by atomic mass is 35.5. The molecule has 2 aliphatic rings. The average Bonchev–Trinajstić information content (AvgIpc) is 3.87. The molecule has 0 aliphatic heterocycles. The Hall–Kier alpha value is -5.61. The summed E-state index contributed by atoms with van der Waals surface area (Å²) in [4.78, 5) is 8.80. The van der Waals surface area contributed by atoms with Gasteiger partial charge in [0.15, 0.2) is 0 Å². The molecule has 4 aromatic heterocycles. The number of nitrogens with zero attached hydrogens (tertiary/aromatic N) is 2. The molecule has 10 rings (SSSR count). The largest absolute Gasteiger partial charge is 0.496 e. The Morgan fingerprint density at radius 1 is 0.561 bits per heavy atom. The van der Waals surface area contributed by atoms with E-state index >= 15 is 0 Å². The predicted molar refractivity (Wildman–Crippen MR) is 227 cm³/mol. The monoisotopic (exact) mass is 780 g/mol. The molecule has 0 bridgehead atoms. The molecular weight excluding hydrogens is 736 g/mol. The quantitative estimate of drug-likeness (QED) is 0.162. The zero-order valence-corrected chi connectivity index (χ0v) is 32.6. The zero-order valence-electron chi connectivity index (χ0n) is 31.8. The number of ether oxygens (including phenoxy) is 3. The van der Waals surface area contributed by atoms with Crippen LogP contribution in [0.1, 0.15) is 51.4 Å². The molecular formula is C47H45ClN4O5. The van der Waals surface area contributed by atoms with E-state index in [-0.39, 0.29) is 12.2 Å². The van der Waals surface area contributed by atoms with Crippen LogP contribution in [0.15, 0.2) is 119 Å². The van der Waals surface area contributed by atoms with Gasteiger partial charge in [0.05, 0.1) is 24.3 Å². The van der Waals surface area contributed by atoms with Gasteiger partial charge in [0.1, 0.15) is 39.9 Å². The van der Waals surface area contributed by atoms with Gasteiger partial charge in [-0.1, -0.05) is 48.0 Å². The molecule has 2 aliphatic carbocycles. The lowest BCUT2D eigenvalue weighted by molar-refractivity contribution is 0.147. The summed E-state index contributed by atoms with van der Waals surface area (Å²) in [5, 5.41) is 6.56. The van der Waals surface area contributed by atoms with Gasteiger partial charge in [-0.05, 0) is 93.8 Å². The number of halogens is 1. The van der Waals surface area contributed by atoms with Crippen molar-refractivity contribution < 1.29 is 23.0 Å². The highest BCUT2D eigenvalue weighted by Gasteiger charge is 2.23. The van der Waals surface area contributed by atoms with E-state index in [0.29, 0.717) is 17.1 Å². The number of fused-ring (bicyclic) bond motifs is 4. The minimum Gasteiger partial charge on any atom is -0.496 e.